The number of ether oxygens (including phenoxy) is 1. The Labute approximate surface area is 167 Å². The molecule has 2 aromatic heterocycles. The molecule has 0 bridgehead atoms. The molecule has 3 heterocycles. The molecule has 4 aromatic rings. The van der Waals surface area contributed by atoms with Crippen LogP contribution in [0.4, 0.5) is 14.5 Å². The summed E-state index contributed by atoms with van der Waals surface area (Å²) in [5.41, 5.74) is 1.57. The first-order chi connectivity index (χ1) is 14.5. The highest BCUT2D eigenvalue weighted by Crippen LogP contribution is 2.36. The molecule has 9 heteroatoms. The number of hydrogen-bond acceptors (Lipinski definition) is 5. The van der Waals surface area contributed by atoms with E-state index in [0.29, 0.717) is 22.4 Å². The van der Waals surface area contributed by atoms with Gasteiger partial charge in [-0.05, 0) is 36.4 Å². The van der Waals surface area contributed by atoms with Crippen LogP contribution >= 0.6 is 0 Å². The smallest absolute Gasteiger partial charge is 0.267 e. The molecule has 2 amide bonds. The second-order valence-electron chi connectivity index (χ2n) is 6.62. The number of aromatic amines is 1. The van der Waals surface area contributed by atoms with Crippen molar-refractivity contribution in [3.63, 3.8) is 0 Å². The van der Waals surface area contributed by atoms with Gasteiger partial charge in [0, 0.05) is 17.8 Å². The van der Waals surface area contributed by atoms with E-state index in [4.69, 9.17) is 4.74 Å². The van der Waals surface area contributed by atoms with Crippen molar-refractivity contribution in [2.75, 3.05) is 12.0 Å². The van der Waals surface area contributed by atoms with Crippen molar-refractivity contribution in [1.82, 2.24) is 15.2 Å². The Bertz CT molecular complexity index is 1350. The van der Waals surface area contributed by atoms with Crippen LogP contribution < -0.4 is 9.64 Å². The van der Waals surface area contributed by atoms with Crippen LogP contribution in [0.3, 0.4) is 0 Å². The number of amides is 2. The highest BCUT2D eigenvalue weighted by Gasteiger charge is 2.40. The maximum atomic E-state index is 13.7. The molecule has 0 saturated carbocycles. The summed E-state index contributed by atoms with van der Waals surface area (Å²) >= 11 is 0. The first-order valence-electron chi connectivity index (χ1n) is 8.85. The number of carbonyl (C=O) groups excluding carboxylic acids is 2. The number of fused-ring (bicyclic) bond motifs is 3. The minimum atomic E-state index is -1.16. The van der Waals surface area contributed by atoms with Gasteiger partial charge >= 0.3 is 0 Å². The highest BCUT2D eigenvalue weighted by molar-refractivity contribution is 6.38. The lowest BCUT2D eigenvalue weighted by atomic mass is 10.0. The number of rotatable bonds is 3. The number of H-pyrrole nitrogens is 1. The molecule has 0 atom stereocenters. The second kappa shape index (κ2) is 6.45. The number of benzene rings is 2. The van der Waals surface area contributed by atoms with Crippen molar-refractivity contribution >= 4 is 28.5 Å². The Morgan fingerprint density at radius 2 is 1.77 bits per heavy atom. The summed E-state index contributed by atoms with van der Waals surface area (Å²) in [6, 6.07) is 9.89. The second-order valence-corrected chi connectivity index (χ2v) is 6.62. The fourth-order valence-corrected chi connectivity index (χ4v) is 3.52. The predicted octanol–water partition coefficient (Wildman–Crippen LogP) is 3.71. The zero-order valence-corrected chi connectivity index (χ0v) is 15.4. The van der Waals surface area contributed by atoms with E-state index in [1.54, 1.807) is 31.4 Å². The molecular formula is C21H12F2N4O3. The van der Waals surface area contributed by atoms with Crippen LogP contribution in [-0.2, 0) is 0 Å². The standard InChI is InChI=1S/C21H12F2N4O3/c1-30-12-5-2-10(3-6-12)18-17-16-13(9-24-19(17)26-25-18)20(28)27(21(16)29)11-4-7-14(22)15(23)8-11/h2-9H,1H3,(H,24,25,26). The van der Waals surface area contributed by atoms with Gasteiger partial charge in [-0.25, -0.2) is 18.7 Å². The molecule has 0 radical (unpaired) electrons. The maximum Gasteiger partial charge on any atom is 0.267 e. The first-order valence-corrected chi connectivity index (χ1v) is 8.85. The van der Waals surface area contributed by atoms with Crippen molar-refractivity contribution in [1.29, 1.82) is 0 Å². The van der Waals surface area contributed by atoms with Gasteiger partial charge in [-0.3, -0.25) is 14.7 Å². The van der Waals surface area contributed by atoms with Crippen LogP contribution in [0.5, 0.6) is 5.75 Å². The van der Waals surface area contributed by atoms with E-state index in [0.717, 1.165) is 17.0 Å². The van der Waals surface area contributed by atoms with Gasteiger partial charge in [0.25, 0.3) is 11.8 Å². The van der Waals surface area contributed by atoms with Crippen LogP contribution in [0, 0.1) is 11.6 Å². The van der Waals surface area contributed by atoms with Gasteiger partial charge in [0.15, 0.2) is 17.3 Å². The monoisotopic (exact) mass is 406 g/mol. The Kier molecular flexibility index (Phi) is 3.85. The van der Waals surface area contributed by atoms with Crippen LogP contribution in [0.15, 0.2) is 48.7 Å². The summed E-state index contributed by atoms with van der Waals surface area (Å²) < 4.78 is 32.2. The molecule has 148 valence electrons. The first kappa shape index (κ1) is 17.9. The normalized spacial score (nSPS) is 13.2. The number of carbonyl (C=O) groups is 2. The van der Waals surface area contributed by atoms with Crippen molar-refractivity contribution < 1.29 is 23.1 Å². The average molecular weight is 406 g/mol. The van der Waals surface area contributed by atoms with Crippen LogP contribution in [-0.4, -0.2) is 34.1 Å². The van der Waals surface area contributed by atoms with Gasteiger partial charge in [-0.2, -0.15) is 5.10 Å². The van der Waals surface area contributed by atoms with E-state index in [1.165, 1.54) is 12.3 Å². The zero-order valence-electron chi connectivity index (χ0n) is 15.4. The van der Waals surface area contributed by atoms with E-state index in [9.17, 15) is 18.4 Å². The summed E-state index contributed by atoms with van der Waals surface area (Å²) in [5.74, 6) is -2.91. The third kappa shape index (κ3) is 2.48. The third-order valence-electron chi connectivity index (χ3n) is 4.97. The van der Waals surface area contributed by atoms with Crippen molar-refractivity contribution in [3.8, 4) is 17.0 Å². The minimum absolute atomic E-state index is 0.0633. The molecule has 1 aliphatic rings. The lowest BCUT2D eigenvalue weighted by molar-refractivity contribution is 0.0926. The Morgan fingerprint density at radius 3 is 2.47 bits per heavy atom. The number of hydrogen-bond donors (Lipinski definition) is 1. The number of aromatic nitrogens is 3. The largest absolute Gasteiger partial charge is 0.497 e. The van der Waals surface area contributed by atoms with Crippen LogP contribution in [0.25, 0.3) is 22.3 Å². The van der Waals surface area contributed by atoms with Gasteiger partial charge in [0.1, 0.15) is 5.75 Å². The zero-order chi connectivity index (χ0) is 21.0. The molecule has 2 aromatic carbocycles. The summed E-state index contributed by atoms with van der Waals surface area (Å²) in [7, 11) is 1.55. The lowest BCUT2D eigenvalue weighted by Gasteiger charge is -2.13. The predicted molar refractivity (Wildman–Crippen MR) is 103 cm³/mol. The van der Waals surface area contributed by atoms with E-state index in [2.05, 4.69) is 15.2 Å². The van der Waals surface area contributed by atoms with Gasteiger partial charge in [0.05, 0.1) is 35.0 Å². The van der Waals surface area contributed by atoms with E-state index >= 15 is 0 Å². The third-order valence-corrected chi connectivity index (χ3v) is 4.97. The molecule has 0 unspecified atom stereocenters. The van der Waals surface area contributed by atoms with Crippen LogP contribution in [0.1, 0.15) is 20.7 Å². The molecule has 1 N–H and O–H groups in total. The molecule has 0 spiro atoms. The number of anilines is 1. The maximum absolute atomic E-state index is 13.7. The SMILES string of the molecule is COc1ccc(-c2[nH]nc3ncc4c(c23)C(=O)N(c2ccc(F)c(F)c2)C4=O)cc1. The fraction of sp³-hybridized carbons (Fsp3) is 0.0476. The van der Waals surface area contributed by atoms with E-state index in [1.807, 2.05) is 0 Å². The van der Waals surface area contributed by atoms with Crippen LogP contribution in [0.2, 0.25) is 0 Å². The Balaban J connectivity index is 1.69. The topological polar surface area (TPSA) is 88.2 Å². The Morgan fingerprint density at radius 1 is 1.00 bits per heavy atom. The van der Waals surface area contributed by atoms with E-state index in [-0.39, 0.29) is 22.5 Å². The fourth-order valence-electron chi connectivity index (χ4n) is 3.52. The number of methoxy groups -OCH3 is 1. The van der Waals surface area contributed by atoms with E-state index < -0.39 is 23.4 Å². The van der Waals surface area contributed by atoms with Crippen molar-refractivity contribution in [3.05, 3.63) is 71.4 Å². The van der Waals surface area contributed by atoms with Crippen molar-refractivity contribution in [2.45, 2.75) is 0 Å². The minimum Gasteiger partial charge on any atom is -0.497 e. The number of nitrogens with one attached hydrogen (secondary N) is 1. The number of halogens is 2. The lowest BCUT2D eigenvalue weighted by Crippen LogP contribution is -2.29. The highest BCUT2D eigenvalue weighted by atomic mass is 19.2. The molecule has 30 heavy (non-hydrogen) atoms. The molecule has 0 saturated heterocycles. The van der Waals surface area contributed by atoms with Gasteiger partial charge in [-0.15, -0.1) is 0 Å². The summed E-state index contributed by atoms with van der Waals surface area (Å²) in [5, 5.41) is 7.37. The molecule has 7 nitrogen and oxygen atoms in total. The quantitative estimate of drug-likeness (QED) is 0.524. The molecule has 1 aliphatic heterocycles. The van der Waals surface area contributed by atoms with Gasteiger partial charge in [-0.1, -0.05) is 0 Å². The van der Waals surface area contributed by atoms with Gasteiger partial charge < -0.3 is 4.74 Å². The average Bonchev–Trinajstić information content (AvgIpc) is 3.29. The molecule has 0 fully saturated rings. The summed E-state index contributed by atoms with van der Waals surface area (Å²) in [6.07, 6.45) is 1.26. The summed E-state index contributed by atoms with van der Waals surface area (Å²) in [4.78, 5) is 31.1. The molecular weight excluding hydrogens is 394 g/mol. The number of imide groups is 1. The Hall–Kier alpha value is -4.14. The summed E-state index contributed by atoms with van der Waals surface area (Å²) in [6.45, 7) is 0. The number of pyridine rings is 1. The van der Waals surface area contributed by atoms with Crippen molar-refractivity contribution in [2.24, 2.45) is 0 Å². The molecule has 5 rings (SSSR count). The molecule has 0 aliphatic carbocycles. The van der Waals surface area contributed by atoms with Gasteiger partial charge in [0.2, 0.25) is 0 Å². The number of nitrogens with zero attached hydrogens (tertiary/aromatic N) is 3.